The van der Waals surface area contributed by atoms with Gasteiger partial charge in [0.05, 0.1) is 11.4 Å². The average molecular weight is 336 g/mol. The standard InChI is InChI=1S/C12H9IN4/c13-11-4-3-10(16-7-1-5-14-16)9-12(11)17-8-2-6-15-17/h1-9H. The fraction of sp³-hybridized carbons (Fsp3) is 0. The largest absolute Gasteiger partial charge is 0.241 e. The molecule has 1 aromatic carbocycles. The molecule has 2 aromatic heterocycles. The minimum Gasteiger partial charge on any atom is -0.241 e. The van der Waals surface area contributed by atoms with Crippen LogP contribution < -0.4 is 0 Å². The Morgan fingerprint density at radius 3 is 2.29 bits per heavy atom. The first kappa shape index (κ1) is 10.5. The molecule has 2 heterocycles. The van der Waals surface area contributed by atoms with Crippen LogP contribution in [0.25, 0.3) is 11.4 Å². The second kappa shape index (κ2) is 4.33. The molecule has 0 aliphatic heterocycles. The van der Waals surface area contributed by atoms with Crippen molar-refractivity contribution in [2.75, 3.05) is 0 Å². The van der Waals surface area contributed by atoms with E-state index < -0.39 is 0 Å². The van der Waals surface area contributed by atoms with Crippen molar-refractivity contribution in [3.63, 3.8) is 0 Å². The summed E-state index contributed by atoms with van der Waals surface area (Å²) in [6.07, 6.45) is 7.40. The second-order valence-corrected chi connectivity index (χ2v) is 4.70. The normalized spacial score (nSPS) is 10.6. The zero-order valence-electron chi connectivity index (χ0n) is 8.86. The SMILES string of the molecule is Ic1ccc(-n2cccn2)cc1-n1cccn1. The molecule has 0 N–H and O–H groups in total. The van der Waals surface area contributed by atoms with Crippen LogP contribution in [0.5, 0.6) is 0 Å². The first-order chi connectivity index (χ1) is 8.34. The van der Waals surface area contributed by atoms with Gasteiger partial charge in [-0.3, -0.25) is 0 Å². The van der Waals surface area contributed by atoms with Gasteiger partial charge in [0.1, 0.15) is 0 Å². The van der Waals surface area contributed by atoms with Crippen molar-refractivity contribution in [1.82, 2.24) is 19.6 Å². The monoisotopic (exact) mass is 336 g/mol. The Hall–Kier alpha value is -1.63. The molecular weight excluding hydrogens is 327 g/mol. The number of hydrogen-bond acceptors (Lipinski definition) is 2. The van der Waals surface area contributed by atoms with E-state index in [9.17, 15) is 0 Å². The highest BCUT2D eigenvalue weighted by molar-refractivity contribution is 14.1. The van der Waals surface area contributed by atoms with Gasteiger partial charge in [0.15, 0.2) is 0 Å². The van der Waals surface area contributed by atoms with E-state index in [0.29, 0.717) is 0 Å². The Balaban J connectivity index is 2.13. The van der Waals surface area contributed by atoms with Gasteiger partial charge in [-0.15, -0.1) is 0 Å². The Bertz CT molecular complexity index is 614. The summed E-state index contributed by atoms with van der Waals surface area (Å²) >= 11 is 2.31. The zero-order valence-corrected chi connectivity index (χ0v) is 11.0. The van der Waals surface area contributed by atoms with Gasteiger partial charge in [0, 0.05) is 28.4 Å². The maximum absolute atomic E-state index is 4.25. The van der Waals surface area contributed by atoms with Crippen LogP contribution in [0.1, 0.15) is 0 Å². The lowest BCUT2D eigenvalue weighted by Gasteiger charge is -2.08. The Morgan fingerprint density at radius 1 is 0.941 bits per heavy atom. The number of aromatic nitrogens is 4. The second-order valence-electron chi connectivity index (χ2n) is 3.54. The van der Waals surface area contributed by atoms with E-state index in [1.807, 2.05) is 40.0 Å². The summed E-state index contributed by atoms with van der Waals surface area (Å²) in [7, 11) is 0. The zero-order chi connectivity index (χ0) is 11.7. The van der Waals surface area contributed by atoms with Gasteiger partial charge >= 0.3 is 0 Å². The molecule has 0 saturated heterocycles. The predicted octanol–water partition coefficient (Wildman–Crippen LogP) is 2.66. The Labute approximate surface area is 112 Å². The first-order valence-corrected chi connectivity index (χ1v) is 6.22. The average Bonchev–Trinajstić information content (AvgIpc) is 3.03. The van der Waals surface area contributed by atoms with Crippen molar-refractivity contribution < 1.29 is 0 Å². The molecule has 0 spiro atoms. The van der Waals surface area contributed by atoms with Crippen LogP contribution in [-0.2, 0) is 0 Å². The summed E-state index contributed by atoms with van der Waals surface area (Å²) in [4.78, 5) is 0. The van der Waals surface area contributed by atoms with Crippen molar-refractivity contribution in [3.05, 3.63) is 58.7 Å². The minimum absolute atomic E-state index is 1.03. The van der Waals surface area contributed by atoms with Gasteiger partial charge in [0.25, 0.3) is 0 Å². The maximum Gasteiger partial charge on any atom is 0.0800 e. The molecule has 0 aliphatic rings. The molecule has 0 saturated carbocycles. The molecular formula is C12H9IN4. The van der Waals surface area contributed by atoms with Crippen LogP contribution in [0.15, 0.2) is 55.1 Å². The Morgan fingerprint density at radius 2 is 1.65 bits per heavy atom. The van der Waals surface area contributed by atoms with Gasteiger partial charge in [-0.2, -0.15) is 10.2 Å². The number of hydrogen-bond donors (Lipinski definition) is 0. The van der Waals surface area contributed by atoms with Crippen molar-refractivity contribution in [2.24, 2.45) is 0 Å². The predicted molar refractivity (Wildman–Crippen MR) is 73.4 cm³/mol. The van der Waals surface area contributed by atoms with Crippen LogP contribution in [-0.4, -0.2) is 19.6 Å². The number of nitrogens with zero attached hydrogens (tertiary/aromatic N) is 4. The molecule has 84 valence electrons. The lowest BCUT2D eigenvalue weighted by Crippen LogP contribution is -2.01. The van der Waals surface area contributed by atoms with Crippen LogP contribution in [0, 0.1) is 3.57 Å². The van der Waals surface area contributed by atoms with Crippen LogP contribution in [0.3, 0.4) is 0 Å². The first-order valence-electron chi connectivity index (χ1n) is 5.14. The van der Waals surface area contributed by atoms with E-state index in [1.54, 1.807) is 12.4 Å². The highest BCUT2D eigenvalue weighted by atomic mass is 127. The summed E-state index contributed by atoms with van der Waals surface area (Å²) in [5.41, 5.74) is 2.09. The molecule has 0 atom stereocenters. The lowest BCUT2D eigenvalue weighted by atomic mass is 10.3. The van der Waals surface area contributed by atoms with Crippen LogP contribution >= 0.6 is 22.6 Å². The molecule has 3 aromatic rings. The number of rotatable bonds is 2. The highest BCUT2D eigenvalue weighted by Crippen LogP contribution is 2.19. The van der Waals surface area contributed by atoms with E-state index in [-0.39, 0.29) is 0 Å². The summed E-state index contributed by atoms with van der Waals surface area (Å²) in [6, 6.07) is 10.0. The molecule has 17 heavy (non-hydrogen) atoms. The minimum atomic E-state index is 1.03. The van der Waals surface area contributed by atoms with E-state index in [1.165, 1.54) is 0 Å². The third-order valence-corrected chi connectivity index (χ3v) is 3.36. The van der Waals surface area contributed by atoms with Gasteiger partial charge in [-0.05, 0) is 52.9 Å². The van der Waals surface area contributed by atoms with Crippen molar-refractivity contribution in [2.45, 2.75) is 0 Å². The highest BCUT2D eigenvalue weighted by Gasteiger charge is 2.05. The van der Waals surface area contributed by atoms with Gasteiger partial charge < -0.3 is 0 Å². The lowest BCUT2D eigenvalue weighted by molar-refractivity contribution is 0.853. The number of halogens is 1. The van der Waals surface area contributed by atoms with Crippen LogP contribution in [0.2, 0.25) is 0 Å². The summed E-state index contributed by atoms with van der Waals surface area (Å²) < 4.78 is 4.85. The molecule has 0 fully saturated rings. The topological polar surface area (TPSA) is 35.6 Å². The third kappa shape index (κ3) is 1.97. The fourth-order valence-electron chi connectivity index (χ4n) is 1.65. The van der Waals surface area contributed by atoms with Crippen molar-refractivity contribution in [3.8, 4) is 11.4 Å². The van der Waals surface area contributed by atoms with E-state index in [0.717, 1.165) is 14.9 Å². The molecule has 0 amide bonds. The molecule has 0 radical (unpaired) electrons. The molecule has 0 bridgehead atoms. The summed E-state index contributed by atoms with van der Waals surface area (Å²) in [5.74, 6) is 0. The van der Waals surface area contributed by atoms with E-state index >= 15 is 0 Å². The van der Waals surface area contributed by atoms with Crippen molar-refractivity contribution >= 4 is 22.6 Å². The van der Waals surface area contributed by atoms with Gasteiger partial charge in [0.2, 0.25) is 0 Å². The van der Waals surface area contributed by atoms with Crippen LogP contribution in [0.4, 0.5) is 0 Å². The van der Waals surface area contributed by atoms with E-state index in [4.69, 9.17) is 0 Å². The summed E-state index contributed by atoms with van der Waals surface area (Å²) in [5, 5.41) is 8.48. The quantitative estimate of drug-likeness (QED) is 0.675. The molecule has 3 rings (SSSR count). The molecule has 0 aliphatic carbocycles. The summed E-state index contributed by atoms with van der Waals surface area (Å²) in [6.45, 7) is 0. The molecule has 0 unspecified atom stereocenters. The molecule has 4 nitrogen and oxygen atoms in total. The third-order valence-electron chi connectivity index (χ3n) is 2.45. The van der Waals surface area contributed by atoms with E-state index in [2.05, 4.69) is 44.9 Å². The maximum atomic E-state index is 4.25. The Kier molecular flexibility index (Phi) is 2.68. The fourth-order valence-corrected chi connectivity index (χ4v) is 2.23. The van der Waals surface area contributed by atoms with Gasteiger partial charge in [-0.25, -0.2) is 9.36 Å². The van der Waals surface area contributed by atoms with Gasteiger partial charge in [-0.1, -0.05) is 0 Å². The molecule has 5 heteroatoms. The number of benzene rings is 1. The smallest absolute Gasteiger partial charge is 0.0800 e. The van der Waals surface area contributed by atoms with Crippen molar-refractivity contribution in [1.29, 1.82) is 0 Å².